The molecule has 1 aromatic heterocycles. The van der Waals surface area contributed by atoms with E-state index in [1.807, 2.05) is 11.3 Å². The highest BCUT2D eigenvalue weighted by Gasteiger charge is 2.27. The molecule has 41 heavy (non-hydrogen) atoms. The molecular formula is C35H55N5S. The Hall–Kier alpha value is -1.54. The first-order valence-corrected chi connectivity index (χ1v) is 17.4. The molecule has 0 saturated heterocycles. The lowest BCUT2D eigenvalue weighted by Crippen LogP contribution is -2.38. The molecule has 0 amide bonds. The van der Waals surface area contributed by atoms with Gasteiger partial charge in [0.2, 0.25) is 0 Å². The van der Waals surface area contributed by atoms with Gasteiger partial charge >= 0.3 is 0 Å². The van der Waals surface area contributed by atoms with E-state index in [4.69, 9.17) is 22.9 Å². The Balaban J connectivity index is 1.32. The minimum Gasteiger partial charge on any atom is -0.330 e. The molecule has 2 aliphatic carbocycles. The molecule has 1 heterocycles. The first-order valence-electron chi connectivity index (χ1n) is 16.6. The summed E-state index contributed by atoms with van der Waals surface area (Å²) in [7, 11) is 0. The lowest BCUT2D eigenvalue weighted by molar-refractivity contribution is 0.199. The molecule has 0 spiro atoms. The number of nitrogens with zero attached hydrogens (tertiary/aromatic N) is 1. The largest absolute Gasteiger partial charge is 0.330 e. The van der Waals surface area contributed by atoms with Crippen LogP contribution < -0.4 is 22.9 Å². The van der Waals surface area contributed by atoms with Crippen LogP contribution in [0.2, 0.25) is 0 Å². The zero-order valence-corrected chi connectivity index (χ0v) is 26.1. The first-order chi connectivity index (χ1) is 20.1. The molecule has 226 valence electrons. The van der Waals surface area contributed by atoms with E-state index in [1.54, 1.807) is 11.1 Å². The highest BCUT2D eigenvalue weighted by Crippen LogP contribution is 2.44. The van der Waals surface area contributed by atoms with Gasteiger partial charge in [-0.3, -0.25) is 0 Å². The molecule has 2 aliphatic rings. The second-order valence-electron chi connectivity index (χ2n) is 13.2. The number of thiophene rings is 1. The number of fused-ring (bicyclic) bond motifs is 3. The quantitative estimate of drug-likeness (QED) is 0.174. The average Bonchev–Trinajstić information content (AvgIpc) is 3.35. The van der Waals surface area contributed by atoms with Crippen molar-refractivity contribution in [2.75, 3.05) is 45.8 Å². The molecular weight excluding hydrogens is 522 g/mol. The van der Waals surface area contributed by atoms with Gasteiger partial charge in [0, 0.05) is 52.9 Å². The van der Waals surface area contributed by atoms with Gasteiger partial charge in [0.05, 0.1) is 0 Å². The first kappa shape index (κ1) is 30.9. The van der Waals surface area contributed by atoms with Crippen molar-refractivity contribution in [1.82, 2.24) is 4.90 Å². The monoisotopic (exact) mass is 577 g/mol. The van der Waals surface area contributed by atoms with E-state index in [9.17, 15) is 0 Å². The summed E-state index contributed by atoms with van der Waals surface area (Å²) in [4.78, 5) is 2.48. The summed E-state index contributed by atoms with van der Waals surface area (Å²) in [6.45, 7) is 6.05. The zero-order valence-electron chi connectivity index (χ0n) is 25.2. The fourth-order valence-corrected chi connectivity index (χ4v) is 9.30. The molecule has 6 heteroatoms. The fourth-order valence-electron chi connectivity index (χ4n) is 8.24. The van der Waals surface area contributed by atoms with Gasteiger partial charge in [-0.05, 0) is 129 Å². The lowest BCUT2D eigenvalue weighted by Gasteiger charge is -2.33. The summed E-state index contributed by atoms with van der Waals surface area (Å²) in [5.41, 5.74) is 26.7. The Kier molecular flexibility index (Phi) is 11.5. The summed E-state index contributed by atoms with van der Waals surface area (Å²) in [6, 6.07) is 14.8. The van der Waals surface area contributed by atoms with E-state index in [0.717, 1.165) is 57.4 Å². The number of nitrogens with two attached hydrogens (primary N) is 4. The van der Waals surface area contributed by atoms with E-state index >= 15 is 0 Å². The van der Waals surface area contributed by atoms with Gasteiger partial charge in [-0.2, -0.15) is 0 Å². The van der Waals surface area contributed by atoms with Crippen LogP contribution in [0.15, 0.2) is 36.4 Å². The van der Waals surface area contributed by atoms with Crippen LogP contribution in [0.4, 0.5) is 0 Å². The van der Waals surface area contributed by atoms with Crippen molar-refractivity contribution in [3.8, 4) is 0 Å². The van der Waals surface area contributed by atoms with Crippen molar-refractivity contribution in [2.45, 2.75) is 82.5 Å². The van der Waals surface area contributed by atoms with Crippen molar-refractivity contribution in [1.29, 1.82) is 0 Å². The third-order valence-electron chi connectivity index (χ3n) is 10.2. The second-order valence-corrected chi connectivity index (χ2v) is 14.3. The number of rotatable bonds is 14. The van der Waals surface area contributed by atoms with Crippen molar-refractivity contribution in [3.05, 3.63) is 47.5 Å². The molecule has 4 atom stereocenters. The van der Waals surface area contributed by atoms with E-state index in [-0.39, 0.29) is 0 Å². The maximum Gasteiger partial charge on any atom is 0.0355 e. The molecule has 0 radical (unpaired) electrons. The van der Waals surface area contributed by atoms with Crippen molar-refractivity contribution >= 4 is 31.5 Å². The highest BCUT2D eigenvalue weighted by molar-refractivity contribution is 7.25. The molecule has 2 aromatic carbocycles. The molecule has 5 nitrogen and oxygen atoms in total. The third kappa shape index (κ3) is 7.90. The van der Waals surface area contributed by atoms with Gasteiger partial charge in [-0.1, -0.05) is 31.4 Å². The Morgan fingerprint density at radius 3 is 1.76 bits per heavy atom. The maximum atomic E-state index is 5.93. The minimum absolute atomic E-state index is 0.656. The zero-order chi connectivity index (χ0) is 28.6. The van der Waals surface area contributed by atoms with Gasteiger partial charge in [0.15, 0.2) is 0 Å². The fraction of sp³-hybridized carbons (Fsp3) is 0.657. The standard InChI is InChI=1S/C35H55N5S/c36-13-11-25(12-14-37)19-26-3-1-5-28(20-26)30-7-9-34-32(22-30)33-23-31(8-10-35(33)41-34)29-6-2-4-27(21-29)24-40(17-15-38)18-16-39/h7-10,22-23,25-29H,1-6,11-21,24,36-39H2. The summed E-state index contributed by atoms with van der Waals surface area (Å²) < 4.78 is 2.86. The van der Waals surface area contributed by atoms with Crippen LogP contribution in [-0.2, 0) is 0 Å². The van der Waals surface area contributed by atoms with Gasteiger partial charge in [-0.25, -0.2) is 0 Å². The van der Waals surface area contributed by atoms with Crippen LogP contribution in [0, 0.1) is 17.8 Å². The van der Waals surface area contributed by atoms with Crippen LogP contribution in [0.5, 0.6) is 0 Å². The Bertz CT molecular complexity index is 1120. The van der Waals surface area contributed by atoms with E-state index in [0.29, 0.717) is 30.8 Å². The van der Waals surface area contributed by atoms with E-state index in [2.05, 4.69) is 41.3 Å². The lowest BCUT2D eigenvalue weighted by atomic mass is 9.74. The van der Waals surface area contributed by atoms with E-state index < -0.39 is 0 Å². The SMILES string of the molecule is NCCC(CCN)CC1CCCC(c2ccc3sc4ccc(C5CCCC(CN(CCN)CCN)C5)cc4c3c2)C1. The molecule has 0 bridgehead atoms. The van der Waals surface area contributed by atoms with Crippen LogP contribution in [0.25, 0.3) is 20.2 Å². The van der Waals surface area contributed by atoms with Gasteiger partial charge in [0.1, 0.15) is 0 Å². The van der Waals surface area contributed by atoms with Crippen LogP contribution in [0.1, 0.15) is 93.6 Å². The molecule has 3 aromatic rings. The van der Waals surface area contributed by atoms with Crippen molar-refractivity contribution < 1.29 is 0 Å². The average molecular weight is 578 g/mol. The number of hydrogen-bond acceptors (Lipinski definition) is 6. The van der Waals surface area contributed by atoms with Crippen LogP contribution in [0.3, 0.4) is 0 Å². The van der Waals surface area contributed by atoms with Crippen LogP contribution in [-0.4, -0.2) is 50.7 Å². The summed E-state index contributed by atoms with van der Waals surface area (Å²) in [6.07, 6.45) is 14.1. The minimum atomic E-state index is 0.656. The highest BCUT2D eigenvalue weighted by atomic mass is 32.1. The smallest absolute Gasteiger partial charge is 0.0355 e. The molecule has 8 N–H and O–H groups in total. The van der Waals surface area contributed by atoms with E-state index in [1.165, 1.54) is 78.0 Å². The van der Waals surface area contributed by atoms with Gasteiger partial charge in [-0.15, -0.1) is 11.3 Å². The Morgan fingerprint density at radius 2 is 1.22 bits per heavy atom. The Labute approximate surface area is 252 Å². The van der Waals surface area contributed by atoms with Gasteiger partial charge in [0.25, 0.3) is 0 Å². The molecule has 4 unspecified atom stereocenters. The predicted octanol–water partition coefficient (Wildman–Crippen LogP) is 6.53. The summed E-state index contributed by atoms with van der Waals surface area (Å²) >= 11 is 1.96. The normalized spacial score (nSPS) is 23.8. The number of benzene rings is 2. The topological polar surface area (TPSA) is 107 Å². The summed E-state index contributed by atoms with van der Waals surface area (Å²) in [5.74, 6) is 3.57. The number of hydrogen-bond donors (Lipinski definition) is 4. The third-order valence-corrected chi connectivity index (χ3v) is 11.4. The van der Waals surface area contributed by atoms with Crippen molar-refractivity contribution in [2.24, 2.45) is 40.7 Å². The molecule has 0 aliphatic heterocycles. The van der Waals surface area contributed by atoms with Crippen molar-refractivity contribution in [3.63, 3.8) is 0 Å². The second kappa shape index (κ2) is 15.3. The molecule has 5 rings (SSSR count). The molecule has 2 fully saturated rings. The molecule has 2 saturated carbocycles. The van der Waals surface area contributed by atoms with Crippen LogP contribution >= 0.6 is 11.3 Å². The maximum absolute atomic E-state index is 5.93. The predicted molar refractivity (Wildman–Crippen MR) is 179 cm³/mol. The summed E-state index contributed by atoms with van der Waals surface area (Å²) in [5, 5.41) is 2.94. The Morgan fingerprint density at radius 1 is 0.683 bits per heavy atom. The van der Waals surface area contributed by atoms with Gasteiger partial charge < -0.3 is 27.8 Å².